The lowest BCUT2D eigenvalue weighted by molar-refractivity contribution is -0.118. The molecule has 0 aliphatic rings. The zero-order chi connectivity index (χ0) is 15.5. The molecule has 1 amide bonds. The summed E-state index contributed by atoms with van der Waals surface area (Å²) in [5.41, 5.74) is 1.94. The second-order valence-electron chi connectivity index (χ2n) is 5.92. The molecule has 0 heterocycles. The van der Waals surface area contributed by atoms with Gasteiger partial charge in [-0.15, -0.1) is 0 Å². The Morgan fingerprint density at radius 2 is 1.71 bits per heavy atom. The molecule has 21 heavy (non-hydrogen) atoms. The van der Waals surface area contributed by atoms with Crippen molar-refractivity contribution in [1.29, 1.82) is 0 Å². The van der Waals surface area contributed by atoms with Gasteiger partial charge < -0.3 is 10.6 Å². The van der Waals surface area contributed by atoms with E-state index in [-0.39, 0.29) is 11.8 Å². The molecule has 0 aromatic heterocycles. The van der Waals surface area contributed by atoms with Gasteiger partial charge in [0.05, 0.1) is 0 Å². The van der Waals surface area contributed by atoms with Crippen molar-refractivity contribution in [2.45, 2.75) is 59.3 Å². The summed E-state index contributed by atoms with van der Waals surface area (Å²) >= 11 is 0. The number of benzene rings is 1. The van der Waals surface area contributed by atoms with Crippen molar-refractivity contribution in [3.05, 3.63) is 24.3 Å². The molecule has 0 bridgehead atoms. The fourth-order valence-corrected chi connectivity index (χ4v) is 2.13. The van der Waals surface area contributed by atoms with Crippen molar-refractivity contribution in [1.82, 2.24) is 0 Å². The second kappa shape index (κ2) is 10.3. The van der Waals surface area contributed by atoms with Gasteiger partial charge in [0.25, 0.3) is 0 Å². The first-order valence-corrected chi connectivity index (χ1v) is 8.28. The molecule has 3 nitrogen and oxygen atoms in total. The molecule has 0 unspecified atom stereocenters. The summed E-state index contributed by atoms with van der Waals surface area (Å²) in [6, 6.07) is 7.94. The summed E-state index contributed by atoms with van der Waals surface area (Å²) in [6.07, 6.45) is 7.83. The Labute approximate surface area is 129 Å². The SMILES string of the molecule is CCCCCCCCNc1cccc(NC(=O)C(C)C)c1. The molecule has 1 aromatic rings. The topological polar surface area (TPSA) is 41.1 Å². The lowest BCUT2D eigenvalue weighted by atomic mass is 10.1. The summed E-state index contributed by atoms with van der Waals surface area (Å²) in [5, 5.41) is 6.35. The van der Waals surface area contributed by atoms with E-state index in [9.17, 15) is 4.79 Å². The summed E-state index contributed by atoms with van der Waals surface area (Å²) in [5.74, 6) is 0.0628. The van der Waals surface area contributed by atoms with Crippen LogP contribution in [-0.2, 0) is 4.79 Å². The van der Waals surface area contributed by atoms with Gasteiger partial charge in [-0.25, -0.2) is 0 Å². The first-order chi connectivity index (χ1) is 10.1. The van der Waals surface area contributed by atoms with Gasteiger partial charge in [0.1, 0.15) is 0 Å². The Hall–Kier alpha value is -1.51. The molecule has 0 fully saturated rings. The van der Waals surface area contributed by atoms with E-state index in [0.717, 1.165) is 17.9 Å². The quantitative estimate of drug-likeness (QED) is 0.592. The standard InChI is InChI=1S/C18H30N2O/c1-4-5-6-7-8-9-13-19-16-11-10-12-17(14-16)20-18(21)15(2)3/h10-12,14-15,19H,4-9,13H2,1-3H3,(H,20,21). The van der Waals surface area contributed by atoms with Gasteiger partial charge in [0.15, 0.2) is 0 Å². The Morgan fingerprint density at radius 3 is 2.43 bits per heavy atom. The Balaban J connectivity index is 2.28. The van der Waals surface area contributed by atoms with E-state index >= 15 is 0 Å². The predicted molar refractivity (Wildman–Crippen MR) is 91.8 cm³/mol. The number of rotatable bonds is 10. The Bertz CT molecular complexity index is 415. The van der Waals surface area contributed by atoms with Gasteiger partial charge in [0, 0.05) is 23.8 Å². The highest BCUT2D eigenvalue weighted by Crippen LogP contribution is 2.16. The van der Waals surface area contributed by atoms with Gasteiger partial charge in [-0.3, -0.25) is 4.79 Å². The van der Waals surface area contributed by atoms with Gasteiger partial charge in [0.2, 0.25) is 5.91 Å². The van der Waals surface area contributed by atoms with E-state index < -0.39 is 0 Å². The largest absolute Gasteiger partial charge is 0.385 e. The van der Waals surface area contributed by atoms with Crippen molar-refractivity contribution in [2.24, 2.45) is 5.92 Å². The van der Waals surface area contributed by atoms with Crippen LogP contribution in [0.2, 0.25) is 0 Å². The summed E-state index contributed by atoms with van der Waals surface area (Å²) < 4.78 is 0. The van der Waals surface area contributed by atoms with Crippen molar-refractivity contribution < 1.29 is 4.79 Å². The van der Waals surface area contributed by atoms with Crippen LogP contribution in [0.15, 0.2) is 24.3 Å². The summed E-state index contributed by atoms with van der Waals surface area (Å²) in [4.78, 5) is 11.7. The minimum atomic E-state index is 0.00439. The smallest absolute Gasteiger partial charge is 0.226 e. The highest BCUT2D eigenvalue weighted by Gasteiger charge is 2.06. The summed E-state index contributed by atoms with van der Waals surface area (Å²) in [6.45, 7) is 7.03. The molecule has 3 heteroatoms. The van der Waals surface area contributed by atoms with Crippen LogP contribution in [0.5, 0.6) is 0 Å². The lowest BCUT2D eigenvalue weighted by Gasteiger charge is -2.11. The second-order valence-corrected chi connectivity index (χ2v) is 5.92. The van der Waals surface area contributed by atoms with Gasteiger partial charge in [-0.2, -0.15) is 0 Å². The van der Waals surface area contributed by atoms with Crippen molar-refractivity contribution in [3.8, 4) is 0 Å². The number of hydrogen-bond acceptors (Lipinski definition) is 2. The van der Waals surface area contributed by atoms with E-state index in [0.29, 0.717) is 0 Å². The van der Waals surface area contributed by atoms with Crippen molar-refractivity contribution >= 4 is 17.3 Å². The van der Waals surface area contributed by atoms with Crippen molar-refractivity contribution in [2.75, 3.05) is 17.2 Å². The van der Waals surface area contributed by atoms with Crippen molar-refractivity contribution in [3.63, 3.8) is 0 Å². The monoisotopic (exact) mass is 290 g/mol. The van der Waals surface area contributed by atoms with E-state index in [1.54, 1.807) is 0 Å². The number of unbranched alkanes of at least 4 members (excludes halogenated alkanes) is 5. The maximum Gasteiger partial charge on any atom is 0.226 e. The molecule has 1 rings (SSSR count). The van der Waals surface area contributed by atoms with Gasteiger partial charge in [-0.1, -0.05) is 58.9 Å². The first-order valence-electron chi connectivity index (χ1n) is 8.28. The Morgan fingerprint density at radius 1 is 1.05 bits per heavy atom. The number of hydrogen-bond donors (Lipinski definition) is 2. The molecule has 0 atom stereocenters. The minimum absolute atomic E-state index is 0.00439. The maximum absolute atomic E-state index is 11.7. The molecule has 1 aromatic carbocycles. The van der Waals surface area contributed by atoms with Crippen LogP contribution < -0.4 is 10.6 Å². The molecule has 0 radical (unpaired) electrons. The van der Waals surface area contributed by atoms with E-state index in [1.807, 2.05) is 38.1 Å². The Kier molecular flexibility index (Phi) is 8.56. The third-order valence-electron chi connectivity index (χ3n) is 3.51. The van der Waals surface area contributed by atoms with Gasteiger partial charge in [-0.05, 0) is 24.6 Å². The number of anilines is 2. The van der Waals surface area contributed by atoms with Crippen LogP contribution in [0.4, 0.5) is 11.4 Å². The average Bonchev–Trinajstić information content (AvgIpc) is 2.46. The van der Waals surface area contributed by atoms with E-state index in [1.165, 1.54) is 38.5 Å². The fraction of sp³-hybridized carbons (Fsp3) is 0.611. The zero-order valence-electron chi connectivity index (χ0n) is 13.7. The number of carbonyl (C=O) groups excluding carboxylic acids is 1. The molecule has 2 N–H and O–H groups in total. The summed E-state index contributed by atoms with van der Waals surface area (Å²) in [7, 11) is 0. The molecule has 0 saturated heterocycles. The van der Waals surface area contributed by atoms with Crippen LogP contribution >= 0.6 is 0 Å². The molecule has 118 valence electrons. The van der Waals surface area contributed by atoms with Gasteiger partial charge >= 0.3 is 0 Å². The number of carbonyl (C=O) groups is 1. The highest BCUT2D eigenvalue weighted by atomic mass is 16.1. The zero-order valence-corrected chi connectivity index (χ0v) is 13.7. The fourth-order valence-electron chi connectivity index (χ4n) is 2.13. The molecule has 0 spiro atoms. The molecule has 0 saturated carbocycles. The molecule has 0 aliphatic carbocycles. The average molecular weight is 290 g/mol. The number of amides is 1. The number of nitrogens with one attached hydrogen (secondary N) is 2. The van der Waals surface area contributed by atoms with Crippen LogP contribution in [0, 0.1) is 5.92 Å². The molecule has 0 aliphatic heterocycles. The lowest BCUT2D eigenvalue weighted by Crippen LogP contribution is -2.17. The van der Waals surface area contributed by atoms with Crippen LogP contribution in [0.3, 0.4) is 0 Å². The third kappa shape index (κ3) is 7.74. The van der Waals surface area contributed by atoms with E-state index in [2.05, 4.69) is 17.6 Å². The molecular weight excluding hydrogens is 260 g/mol. The molecular formula is C18H30N2O. The van der Waals surface area contributed by atoms with Crippen LogP contribution in [0.25, 0.3) is 0 Å². The van der Waals surface area contributed by atoms with Crippen LogP contribution in [0.1, 0.15) is 59.3 Å². The third-order valence-corrected chi connectivity index (χ3v) is 3.51. The first kappa shape index (κ1) is 17.5. The normalized spacial score (nSPS) is 10.7. The van der Waals surface area contributed by atoms with E-state index in [4.69, 9.17) is 0 Å². The predicted octanol–water partition coefficient (Wildman–Crippen LogP) is 5.05. The van der Waals surface area contributed by atoms with Crippen LogP contribution in [-0.4, -0.2) is 12.5 Å². The highest BCUT2D eigenvalue weighted by molar-refractivity contribution is 5.92. The maximum atomic E-state index is 11.7. The minimum Gasteiger partial charge on any atom is -0.385 e.